The van der Waals surface area contributed by atoms with Gasteiger partial charge in [0.1, 0.15) is 0 Å². The molecule has 1 fully saturated rings. The van der Waals surface area contributed by atoms with Gasteiger partial charge < -0.3 is 10.6 Å². The van der Waals surface area contributed by atoms with Crippen LogP contribution in [0.3, 0.4) is 0 Å². The van der Waals surface area contributed by atoms with Crippen LogP contribution in [0, 0.1) is 5.92 Å². The number of fused-ring (bicyclic) bond motifs is 1. The Hall–Kier alpha value is -2.89. The highest BCUT2D eigenvalue weighted by atomic mass is 16.2. The number of hydrogen-bond donors (Lipinski definition) is 2. The second kappa shape index (κ2) is 6.55. The smallest absolute Gasteiger partial charge is 0.319 e. The molecule has 2 aromatic heterocycles. The molecule has 1 saturated carbocycles. The van der Waals surface area contributed by atoms with Gasteiger partial charge in [0.05, 0.1) is 23.4 Å². The van der Waals surface area contributed by atoms with Crippen molar-refractivity contribution in [1.82, 2.24) is 20.1 Å². The number of carbonyl (C=O) groups is 1. The molecule has 1 aliphatic rings. The third-order valence-electron chi connectivity index (χ3n) is 4.70. The molecule has 1 aromatic carbocycles. The fourth-order valence-electron chi connectivity index (χ4n) is 3.01. The van der Waals surface area contributed by atoms with Crippen molar-refractivity contribution in [3.05, 3.63) is 54.5 Å². The van der Waals surface area contributed by atoms with Crippen molar-refractivity contribution in [2.45, 2.75) is 32.4 Å². The summed E-state index contributed by atoms with van der Waals surface area (Å²) in [6, 6.07) is 10.1. The van der Waals surface area contributed by atoms with Crippen molar-refractivity contribution in [2.24, 2.45) is 5.92 Å². The van der Waals surface area contributed by atoms with Crippen molar-refractivity contribution in [3.63, 3.8) is 0 Å². The highest BCUT2D eigenvalue weighted by Crippen LogP contribution is 2.39. The molecule has 1 atom stereocenters. The fourth-order valence-corrected chi connectivity index (χ4v) is 3.01. The molecule has 0 spiro atoms. The maximum atomic E-state index is 12.1. The van der Waals surface area contributed by atoms with Gasteiger partial charge in [0.2, 0.25) is 0 Å². The first kappa shape index (κ1) is 15.6. The molecule has 0 radical (unpaired) electrons. The Bertz CT molecular complexity index is 899. The fraction of sp³-hybridized carbons (Fsp3) is 0.316. The maximum Gasteiger partial charge on any atom is 0.319 e. The van der Waals surface area contributed by atoms with E-state index in [0.717, 1.165) is 22.4 Å². The Morgan fingerprint density at radius 1 is 1.36 bits per heavy atom. The zero-order valence-corrected chi connectivity index (χ0v) is 14.1. The van der Waals surface area contributed by atoms with E-state index in [-0.39, 0.29) is 6.03 Å². The van der Waals surface area contributed by atoms with Gasteiger partial charge in [-0.15, -0.1) is 0 Å². The van der Waals surface area contributed by atoms with Crippen molar-refractivity contribution in [1.29, 1.82) is 0 Å². The molecule has 0 aliphatic heterocycles. The zero-order valence-electron chi connectivity index (χ0n) is 14.1. The van der Waals surface area contributed by atoms with Gasteiger partial charge in [-0.3, -0.25) is 9.67 Å². The summed E-state index contributed by atoms with van der Waals surface area (Å²) in [6.45, 7) is 2.63. The summed E-state index contributed by atoms with van der Waals surface area (Å²) in [4.78, 5) is 16.4. The number of benzene rings is 1. The number of nitrogens with zero attached hydrogens (tertiary/aromatic N) is 3. The van der Waals surface area contributed by atoms with Crippen molar-refractivity contribution in [2.75, 3.05) is 5.32 Å². The first-order chi connectivity index (χ1) is 12.2. The minimum Gasteiger partial charge on any atom is -0.334 e. The Morgan fingerprint density at radius 2 is 2.24 bits per heavy atom. The first-order valence-corrected chi connectivity index (χ1v) is 8.62. The molecular formula is C19H21N5O. The highest BCUT2D eigenvalue weighted by Gasteiger charge is 2.29. The summed E-state index contributed by atoms with van der Waals surface area (Å²) in [6.07, 6.45) is 7.90. The van der Waals surface area contributed by atoms with E-state index in [4.69, 9.17) is 0 Å². The number of amides is 2. The third kappa shape index (κ3) is 3.63. The average molecular weight is 335 g/mol. The van der Waals surface area contributed by atoms with Gasteiger partial charge in [0.15, 0.2) is 0 Å². The van der Waals surface area contributed by atoms with E-state index >= 15 is 0 Å². The van der Waals surface area contributed by atoms with E-state index in [0.29, 0.717) is 18.3 Å². The van der Waals surface area contributed by atoms with Gasteiger partial charge >= 0.3 is 6.03 Å². The zero-order chi connectivity index (χ0) is 17.2. The van der Waals surface area contributed by atoms with Crippen LogP contribution in [0.25, 0.3) is 10.9 Å². The van der Waals surface area contributed by atoms with Crippen LogP contribution in [0.4, 0.5) is 10.5 Å². The number of hydrogen-bond acceptors (Lipinski definition) is 3. The number of pyridine rings is 1. The maximum absolute atomic E-state index is 12.1. The molecule has 3 aromatic rings. The van der Waals surface area contributed by atoms with Crippen molar-refractivity contribution in [3.8, 4) is 0 Å². The van der Waals surface area contributed by atoms with Crippen LogP contribution in [0.15, 0.2) is 48.9 Å². The molecule has 6 heteroatoms. The van der Waals surface area contributed by atoms with E-state index in [9.17, 15) is 4.79 Å². The van der Waals surface area contributed by atoms with E-state index in [1.807, 2.05) is 41.2 Å². The standard InChI is InChI=1S/C19H21N5O/c1-13(15-5-6-15)24-12-17(11-22-24)23-19(25)21-10-14-4-7-18-16(9-14)3-2-8-20-18/h2-4,7-9,11-13,15H,5-6,10H2,1H3,(H2,21,23,25)/t13-/m1/s1. The second-order valence-electron chi connectivity index (χ2n) is 6.63. The molecular weight excluding hydrogens is 314 g/mol. The van der Waals surface area contributed by atoms with E-state index < -0.39 is 0 Å². The van der Waals surface area contributed by atoms with Gasteiger partial charge in [-0.2, -0.15) is 5.10 Å². The average Bonchev–Trinajstić information content (AvgIpc) is 3.38. The summed E-state index contributed by atoms with van der Waals surface area (Å²) in [5.74, 6) is 0.726. The minimum absolute atomic E-state index is 0.232. The highest BCUT2D eigenvalue weighted by molar-refractivity contribution is 5.89. The number of carbonyl (C=O) groups excluding carboxylic acids is 1. The number of nitrogens with one attached hydrogen (secondary N) is 2. The van der Waals surface area contributed by atoms with Gasteiger partial charge in [0, 0.05) is 24.3 Å². The van der Waals surface area contributed by atoms with E-state index in [1.165, 1.54) is 12.8 Å². The Labute approximate surface area is 146 Å². The predicted octanol–water partition coefficient (Wildman–Crippen LogP) is 3.72. The molecule has 6 nitrogen and oxygen atoms in total. The van der Waals surface area contributed by atoms with Gasteiger partial charge in [-0.05, 0) is 49.4 Å². The molecule has 1 aliphatic carbocycles. The third-order valence-corrected chi connectivity index (χ3v) is 4.70. The monoisotopic (exact) mass is 335 g/mol. The van der Waals surface area contributed by atoms with Crippen LogP contribution < -0.4 is 10.6 Å². The Kier molecular flexibility index (Phi) is 4.09. The Balaban J connectivity index is 1.33. The molecule has 2 N–H and O–H groups in total. The molecule has 25 heavy (non-hydrogen) atoms. The van der Waals surface area contributed by atoms with Crippen LogP contribution in [-0.4, -0.2) is 20.8 Å². The van der Waals surface area contributed by atoms with Gasteiger partial charge in [0.25, 0.3) is 0 Å². The SMILES string of the molecule is C[C@H](C1CC1)n1cc(NC(=O)NCc2ccc3ncccc3c2)cn1. The predicted molar refractivity (Wildman–Crippen MR) is 97.3 cm³/mol. The lowest BCUT2D eigenvalue weighted by Crippen LogP contribution is -2.28. The molecule has 4 rings (SSSR count). The number of anilines is 1. The Morgan fingerprint density at radius 3 is 3.08 bits per heavy atom. The van der Waals surface area contributed by atoms with Gasteiger partial charge in [-0.1, -0.05) is 12.1 Å². The van der Waals surface area contributed by atoms with E-state index in [2.05, 4.69) is 27.6 Å². The number of rotatable bonds is 5. The van der Waals surface area contributed by atoms with Crippen LogP contribution in [0.5, 0.6) is 0 Å². The van der Waals surface area contributed by atoms with Crippen molar-refractivity contribution >= 4 is 22.6 Å². The lowest BCUT2D eigenvalue weighted by atomic mass is 10.1. The van der Waals surface area contributed by atoms with Crippen LogP contribution in [-0.2, 0) is 6.54 Å². The molecule has 2 heterocycles. The quantitative estimate of drug-likeness (QED) is 0.746. The summed E-state index contributed by atoms with van der Waals surface area (Å²) in [5.41, 5.74) is 2.70. The van der Waals surface area contributed by atoms with Crippen molar-refractivity contribution < 1.29 is 4.79 Å². The summed E-state index contributed by atoms with van der Waals surface area (Å²) in [7, 11) is 0. The summed E-state index contributed by atoms with van der Waals surface area (Å²) >= 11 is 0. The normalized spacial score (nSPS) is 15.1. The van der Waals surface area contributed by atoms with Crippen LogP contribution >= 0.6 is 0 Å². The molecule has 0 unspecified atom stereocenters. The lowest BCUT2D eigenvalue weighted by Gasteiger charge is -2.10. The molecule has 2 amide bonds. The van der Waals surface area contributed by atoms with Crippen LogP contribution in [0.1, 0.15) is 31.4 Å². The van der Waals surface area contributed by atoms with E-state index in [1.54, 1.807) is 12.4 Å². The largest absolute Gasteiger partial charge is 0.334 e. The van der Waals surface area contributed by atoms with Crippen LogP contribution in [0.2, 0.25) is 0 Å². The molecule has 128 valence electrons. The second-order valence-corrected chi connectivity index (χ2v) is 6.63. The topological polar surface area (TPSA) is 71.8 Å². The van der Waals surface area contributed by atoms with Gasteiger partial charge in [-0.25, -0.2) is 4.79 Å². The lowest BCUT2D eigenvalue weighted by molar-refractivity contribution is 0.251. The summed E-state index contributed by atoms with van der Waals surface area (Å²) in [5, 5.41) is 11.1. The first-order valence-electron chi connectivity index (χ1n) is 8.62. The number of urea groups is 1. The molecule has 0 bridgehead atoms. The summed E-state index contributed by atoms with van der Waals surface area (Å²) < 4.78 is 1.93. The minimum atomic E-state index is -0.232. The number of aromatic nitrogens is 3. The molecule has 0 saturated heterocycles.